The zero-order chi connectivity index (χ0) is 11.3. The van der Waals surface area contributed by atoms with Gasteiger partial charge in [0.1, 0.15) is 0 Å². The molecule has 2 heteroatoms. The van der Waals surface area contributed by atoms with Crippen molar-refractivity contribution in [2.24, 2.45) is 0 Å². The van der Waals surface area contributed by atoms with E-state index in [0.717, 1.165) is 24.1 Å². The van der Waals surface area contributed by atoms with E-state index in [9.17, 15) is 4.79 Å². The van der Waals surface area contributed by atoms with E-state index in [2.05, 4.69) is 13.2 Å². The number of rotatable bonds is 3. The summed E-state index contributed by atoms with van der Waals surface area (Å²) in [4.78, 5) is 13.4. The fourth-order valence-electron chi connectivity index (χ4n) is 1.57. The maximum atomic E-state index is 11.6. The third kappa shape index (κ3) is 2.94. The second-order valence-electron chi connectivity index (χ2n) is 3.59. The average molecular weight is 203 g/mol. The number of hydrogen-bond donors (Lipinski definition) is 0. The first kappa shape index (κ1) is 11.5. The van der Waals surface area contributed by atoms with Crippen molar-refractivity contribution in [1.82, 2.24) is 4.90 Å². The molecule has 0 saturated heterocycles. The minimum atomic E-state index is 0.163. The summed E-state index contributed by atoms with van der Waals surface area (Å²) in [7, 11) is 1.84. The Bertz CT molecular complexity index is 336. The topological polar surface area (TPSA) is 20.3 Å². The number of allylic oxidation sites excluding steroid dienone is 4. The molecule has 1 amide bonds. The maximum Gasteiger partial charge on any atom is 0.226 e. The molecule has 0 aromatic carbocycles. The van der Waals surface area contributed by atoms with Gasteiger partial charge in [-0.25, -0.2) is 0 Å². The first-order valence-electron chi connectivity index (χ1n) is 5.06. The number of amides is 1. The van der Waals surface area contributed by atoms with Crippen molar-refractivity contribution in [3.8, 4) is 0 Å². The van der Waals surface area contributed by atoms with Gasteiger partial charge in [0, 0.05) is 13.6 Å². The molecule has 0 aliphatic carbocycles. The Hall–Kier alpha value is -1.57. The van der Waals surface area contributed by atoms with Crippen LogP contribution in [0.5, 0.6) is 0 Å². The Labute approximate surface area is 91.3 Å². The number of nitrogens with zero attached hydrogens (tertiary/aromatic N) is 1. The van der Waals surface area contributed by atoms with Crippen LogP contribution in [0.3, 0.4) is 0 Å². The van der Waals surface area contributed by atoms with Gasteiger partial charge < -0.3 is 4.90 Å². The predicted molar refractivity (Wildman–Crippen MR) is 63.4 cm³/mol. The highest BCUT2D eigenvalue weighted by Gasteiger charge is 2.16. The molecule has 1 aliphatic heterocycles. The van der Waals surface area contributed by atoms with E-state index in [1.807, 2.05) is 25.3 Å². The van der Waals surface area contributed by atoms with Crippen LogP contribution in [0.1, 0.15) is 12.8 Å². The van der Waals surface area contributed by atoms with Crippen molar-refractivity contribution >= 4 is 5.91 Å². The van der Waals surface area contributed by atoms with E-state index in [1.165, 1.54) is 0 Å². The molecule has 0 N–H and O–H groups in total. The molecule has 0 aromatic rings. The molecule has 0 saturated carbocycles. The van der Waals surface area contributed by atoms with Crippen molar-refractivity contribution in [3.05, 3.63) is 48.6 Å². The van der Waals surface area contributed by atoms with Gasteiger partial charge in [-0.3, -0.25) is 4.79 Å². The van der Waals surface area contributed by atoms with Gasteiger partial charge in [0.15, 0.2) is 0 Å². The summed E-state index contributed by atoms with van der Waals surface area (Å²) in [6.07, 6.45) is 8.70. The van der Waals surface area contributed by atoms with Gasteiger partial charge in [0.25, 0.3) is 0 Å². The Morgan fingerprint density at radius 2 is 2.07 bits per heavy atom. The van der Waals surface area contributed by atoms with E-state index in [-0.39, 0.29) is 5.91 Å². The van der Waals surface area contributed by atoms with Crippen LogP contribution < -0.4 is 0 Å². The van der Waals surface area contributed by atoms with Gasteiger partial charge in [-0.2, -0.15) is 0 Å². The van der Waals surface area contributed by atoms with Gasteiger partial charge in [-0.1, -0.05) is 37.5 Å². The van der Waals surface area contributed by atoms with Gasteiger partial charge in [-0.15, -0.1) is 0 Å². The zero-order valence-electron chi connectivity index (χ0n) is 9.20. The molecule has 0 aromatic heterocycles. The highest BCUT2D eigenvalue weighted by atomic mass is 16.2. The molecule has 1 rings (SSSR count). The molecule has 0 spiro atoms. The summed E-state index contributed by atoms with van der Waals surface area (Å²) in [6.45, 7) is 8.18. The third-order valence-electron chi connectivity index (χ3n) is 2.58. The lowest BCUT2D eigenvalue weighted by atomic mass is 10.0. The first-order valence-corrected chi connectivity index (χ1v) is 5.06. The minimum Gasteiger partial charge on any atom is -0.345 e. The van der Waals surface area contributed by atoms with Crippen LogP contribution in [-0.2, 0) is 4.79 Å². The summed E-state index contributed by atoms with van der Waals surface area (Å²) < 4.78 is 0. The van der Waals surface area contributed by atoms with Crippen molar-refractivity contribution in [2.45, 2.75) is 12.8 Å². The highest BCUT2D eigenvalue weighted by Crippen LogP contribution is 2.20. The van der Waals surface area contributed by atoms with Crippen LogP contribution in [0.15, 0.2) is 48.6 Å². The summed E-state index contributed by atoms with van der Waals surface area (Å²) >= 11 is 0. The van der Waals surface area contributed by atoms with E-state index in [0.29, 0.717) is 6.42 Å². The van der Waals surface area contributed by atoms with E-state index >= 15 is 0 Å². The van der Waals surface area contributed by atoms with E-state index in [1.54, 1.807) is 11.0 Å². The molecule has 1 aliphatic rings. The molecule has 2 nitrogen and oxygen atoms in total. The standard InChI is InChI=1S/C13H17NO/c1-4-6-7-12-10-13(15)14(3)9-8-11(12)5-2/h4-7H,1-2,8-10H2,3H3/b7-6-. The fourth-order valence-corrected chi connectivity index (χ4v) is 1.57. The highest BCUT2D eigenvalue weighted by molar-refractivity contribution is 5.80. The van der Waals surface area contributed by atoms with Crippen LogP contribution in [-0.4, -0.2) is 24.4 Å². The van der Waals surface area contributed by atoms with Crippen LogP contribution in [0, 0.1) is 0 Å². The Morgan fingerprint density at radius 3 is 2.67 bits per heavy atom. The largest absolute Gasteiger partial charge is 0.345 e. The fraction of sp³-hybridized carbons (Fsp3) is 0.308. The summed E-state index contributed by atoms with van der Waals surface area (Å²) in [6, 6.07) is 0. The quantitative estimate of drug-likeness (QED) is 0.645. The molecule has 80 valence electrons. The monoisotopic (exact) mass is 203 g/mol. The predicted octanol–water partition coefficient (Wildman–Crippen LogP) is 2.46. The Balaban J connectivity index is 2.97. The normalized spacial score (nSPS) is 18.2. The smallest absolute Gasteiger partial charge is 0.226 e. The second-order valence-corrected chi connectivity index (χ2v) is 3.59. The molecule has 0 bridgehead atoms. The van der Waals surface area contributed by atoms with Gasteiger partial charge >= 0.3 is 0 Å². The zero-order valence-corrected chi connectivity index (χ0v) is 9.20. The molecule has 15 heavy (non-hydrogen) atoms. The van der Waals surface area contributed by atoms with Crippen molar-refractivity contribution in [3.63, 3.8) is 0 Å². The maximum absolute atomic E-state index is 11.6. The third-order valence-corrected chi connectivity index (χ3v) is 2.58. The van der Waals surface area contributed by atoms with Crippen LogP contribution in [0.4, 0.5) is 0 Å². The summed E-state index contributed by atoms with van der Waals surface area (Å²) in [5.74, 6) is 0.163. The molecule has 0 radical (unpaired) electrons. The number of carbonyl (C=O) groups is 1. The SMILES string of the molecule is C=C/C=C\C1=C(C=C)CCN(C)C(=O)C1. The molecular formula is C13H17NO. The van der Waals surface area contributed by atoms with Crippen molar-refractivity contribution in [2.75, 3.05) is 13.6 Å². The lowest BCUT2D eigenvalue weighted by molar-refractivity contribution is -0.128. The summed E-state index contributed by atoms with van der Waals surface area (Å²) in [5, 5.41) is 0. The molecular weight excluding hydrogens is 186 g/mol. The van der Waals surface area contributed by atoms with Crippen molar-refractivity contribution < 1.29 is 4.79 Å². The minimum absolute atomic E-state index is 0.163. The van der Waals surface area contributed by atoms with Crippen molar-refractivity contribution in [1.29, 1.82) is 0 Å². The second kappa shape index (κ2) is 5.35. The van der Waals surface area contributed by atoms with Crippen LogP contribution >= 0.6 is 0 Å². The van der Waals surface area contributed by atoms with Gasteiger partial charge in [0.05, 0.1) is 6.42 Å². The van der Waals surface area contributed by atoms with Crippen LogP contribution in [0.25, 0.3) is 0 Å². The van der Waals surface area contributed by atoms with E-state index < -0.39 is 0 Å². The lowest BCUT2D eigenvalue weighted by Gasteiger charge is -2.12. The van der Waals surface area contributed by atoms with Gasteiger partial charge in [0.2, 0.25) is 5.91 Å². The van der Waals surface area contributed by atoms with Gasteiger partial charge in [-0.05, 0) is 17.6 Å². The summed E-state index contributed by atoms with van der Waals surface area (Å²) in [5.41, 5.74) is 2.21. The number of hydrogen-bond acceptors (Lipinski definition) is 1. The average Bonchev–Trinajstić information content (AvgIpc) is 2.37. The van der Waals surface area contributed by atoms with Crippen LogP contribution in [0.2, 0.25) is 0 Å². The Morgan fingerprint density at radius 1 is 1.33 bits per heavy atom. The molecule has 0 fully saturated rings. The van der Waals surface area contributed by atoms with E-state index in [4.69, 9.17) is 0 Å². The molecule has 1 heterocycles. The molecule has 0 unspecified atom stereocenters. The Kier molecular flexibility index (Phi) is 4.10. The molecule has 0 atom stereocenters. The lowest BCUT2D eigenvalue weighted by Crippen LogP contribution is -2.25. The first-order chi connectivity index (χ1) is 7.19. The number of carbonyl (C=O) groups excluding carboxylic acids is 1.